The van der Waals surface area contributed by atoms with Gasteiger partial charge in [-0.3, -0.25) is 0 Å². The van der Waals surface area contributed by atoms with E-state index in [-0.39, 0.29) is 11.3 Å². The average Bonchev–Trinajstić information content (AvgIpc) is 2.33. The van der Waals surface area contributed by atoms with E-state index in [2.05, 4.69) is 4.65 Å². The molecule has 1 heterocycles. The van der Waals surface area contributed by atoms with Crippen LogP contribution in [-0.4, -0.2) is 17.4 Å². The number of alkyl halides is 2. The molecule has 66 valence electrons. The van der Waals surface area contributed by atoms with Crippen molar-refractivity contribution in [3.8, 4) is 5.75 Å². The highest BCUT2D eigenvalue weighted by Crippen LogP contribution is 2.32. The summed E-state index contributed by atoms with van der Waals surface area (Å²) in [5.41, 5.74) is -0.326. The van der Waals surface area contributed by atoms with Crippen molar-refractivity contribution < 1.29 is 23.5 Å². The Hall–Kier alpha value is -0.655. The van der Waals surface area contributed by atoms with Crippen molar-refractivity contribution in [3.05, 3.63) is 16.3 Å². The van der Waals surface area contributed by atoms with Crippen LogP contribution in [0.4, 0.5) is 8.78 Å². The molecule has 0 unspecified atom stereocenters. The van der Waals surface area contributed by atoms with Crippen LogP contribution in [0.5, 0.6) is 5.75 Å². The molecule has 3 nitrogen and oxygen atoms in total. The minimum atomic E-state index is -2.66. The third kappa shape index (κ3) is 2.16. The summed E-state index contributed by atoms with van der Waals surface area (Å²) < 4.78 is 28.4. The molecule has 7 heteroatoms. The van der Waals surface area contributed by atoms with Crippen LogP contribution >= 0.6 is 11.3 Å². The van der Waals surface area contributed by atoms with Gasteiger partial charge in [-0.2, -0.15) is 0 Å². The first-order valence-electron chi connectivity index (χ1n) is 2.98. The van der Waals surface area contributed by atoms with Crippen molar-refractivity contribution in [2.24, 2.45) is 0 Å². The number of halogens is 2. The van der Waals surface area contributed by atoms with Gasteiger partial charge in [-0.1, -0.05) is 0 Å². The fourth-order valence-corrected chi connectivity index (χ4v) is 1.41. The fourth-order valence-electron chi connectivity index (χ4n) is 0.664. The fraction of sp³-hybridized carbons (Fsp3) is 0.200. The third-order valence-corrected chi connectivity index (χ3v) is 1.86. The van der Waals surface area contributed by atoms with Crippen molar-refractivity contribution >= 4 is 18.7 Å². The van der Waals surface area contributed by atoms with Crippen LogP contribution in [0.15, 0.2) is 10.8 Å². The highest BCUT2D eigenvalue weighted by Gasteiger charge is 2.19. The van der Waals surface area contributed by atoms with Crippen LogP contribution in [0.2, 0.25) is 0 Å². The van der Waals surface area contributed by atoms with Crippen LogP contribution in [0.1, 0.15) is 12.0 Å². The standard InChI is InChI=1S/C5H5BF2O3S/c7-5(8)3-1-12-2-4(3)11-6(9)10/h1-2,5,9-10H. The quantitative estimate of drug-likeness (QED) is 0.706. The Morgan fingerprint density at radius 1 is 1.42 bits per heavy atom. The molecule has 0 atom stereocenters. The van der Waals surface area contributed by atoms with E-state index in [1.54, 1.807) is 0 Å². The summed E-state index contributed by atoms with van der Waals surface area (Å²) in [5.74, 6) is -0.190. The van der Waals surface area contributed by atoms with Gasteiger partial charge in [0.05, 0.1) is 5.56 Å². The molecule has 12 heavy (non-hydrogen) atoms. The van der Waals surface area contributed by atoms with E-state index in [0.29, 0.717) is 0 Å². The number of hydrogen-bond acceptors (Lipinski definition) is 4. The zero-order chi connectivity index (χ0) is 9.14. The van der Waals surface area contributed by atoms with Crippen LogP contribution in [0.25, 0.3) is 0 Å². The van der Waals surface area contributed by atoms with Gasteiger partial charge in [0.25, 0.3) is 6.43 Å². The van der Waals surface area contributed by atoms with Gasteiger partial charge in [0, 0.05) is 10.8 Å². The van der Waals surface area contributed by atoms with E-state index in [1.807, 2.05) is 0 Å². The molecule has 0 aromatic carbocycles. The molecule has 0 bridgehead atoms. The average molecular weight is 194 g/mol. The van der Waals surface area contributed by atoms with Crippen LogP contribution in [0.3, 0.4) is 0 Å². The molecule has 1 rings (SSSR count). The Bertz CT molecular complexity index is 253. The largest absolute Gasteiger partial charge is 0.707 e. The lowest BCUT2D eigenvalue weighted by molar-refractivity contribution is 0.148. The third-order valence-electron chi connectivity index (χ3n) is 1.12. The molecule has 0 saturated carbocycles. The molecule has 1 aromatic rings. The molecule has 0 amide bonds. The Balaban J connectivity index is 2.77. The number of thiophene rings is 1. The monoisotopic (exact) mass is 194 g/mol. The Morgan fingerprint density at radius 3 is 2.58 bits per heavy atom. The van der Waals surface area contributed by atoms with E-state index < -0.39 is 13.7 Å². The van der Waals surface area contributed by atoms with E-state index in [4.69, 9.17) is 10.0 Å². The predicted octanol–water partition coefficient (Wildman–Crippen LogP) is 1.03. The summed E-state index contributed by atoms with van der Waals surface area (Å²) in [7, 11) is -2.06. The van der Waals surface area contributed by atoms with Crippen molar-refractivity contribution in [1.29, 1.82) is 0 Å². The smallest absolute Gasteiger partial charge is 0.511 e. The topological polar surface area (TPSA) is 49.7 Å². The molecule has 0 spiro atoms. The summed E-state index contributed by atoms with van der Waals surface area (Å²) in [5, 5.41) is 19.1. The second kappa shape index (κ2) is 3.84. The summed E-state index contributed by atoms with van der Waals surface area (Å²) in [4.78, 5) is 0. The SMILES string of the molecule is OB(O)Oc1cscc1C(F)F. The zero-order valence-corrected chi connectivity index (χ0v) is 6.59. The predicted molar refractivity (Wildman–Crippen MR) is 40.1 cm³/mol. The molecule has 0 aliphatic rings. The second-order valence-electron chi connectivity index (χ2n) is 1.94. The minimum Gasteiger partial charge on any atom is -0.511 e. The first-order valence-corrected chi connectivity index (χ1v) is 3.92. The molecular weight excluding hydrogens is 189 g/mol. The lowest BCUT2D eigenvalue weighted by Crippen LogP contribution is -2.20. The van der Waals surface area contributed by atoms with Crippen molar-refractivity contribution in [1.82, 2.24) is 0 Å². The van der Waals surface area contributed by atoms with Crippen LogP contribution < -0.4 is 4.65 Å². The maximum atomic E-state index is 12.1. The normalized spacial score (nSPS) is 10.4. The molecule has 0 aliphatic carbocycles. The van der Waals surface area contributed by atoms with E-state index >= 15 is 0 Å². The van der Waals surface area contributed by atoms with Gasteiger partial charge in [0.15, 0.2) is 0 Å². The van der Waals surface area contributed by atoms with Gasteiger partial charge >= 0.3 is 7.32 Å². The van der Waals surface area contributed by atoms with E-state index in [1.165, 1.54) is 10.8 Å². The van der Waals surface area contributed by atoms with Crippen molar-refractivity contribution in [3.63, 3.8) is 0 Å². The minimum absolute atomic E-state index is 0.190. The molecule has 0 fully saturated rings. The molecule has 0 radical (unpaired) electrons. The summed E-state index contributed by atoms with van der Waals surface area (Å²) in [6, 6.07) is 0. The molecule has 2 N–H and O–H groups in total. The highest BCUT2D eigenvalue weighted by molar-refractivity contribution is 7.08. The Morgan fingerprint density at radius 2 is 2.08 bits per heavy atom. The number of rotatable bonds is 3. The second-order valence-corrected chi connectivity index (χ2v) is 2.68. The van der Waals surface area contributed by atoms with Crippen LogP contribution in [0, 0.1) is 0 Å². The van der Waals surface area contributed by atoms with Gasteiger partial charge in [0.2, 0.25) is 0 Å². The van der Waals surface area contributed by atoms with Crippen molar-refractivity contribution in [2.45, 2.75) is 6.43 Å². The van der Waals surface area contributed by atoms with E-state index in [0.717, 1.165) is 11.3 Å². The van der Waals surface area contributed by atoms with Gasteiger partial charge in [0.1, 0.15) is 5.75 Å². The van der Waals surface area contributed by atoms with Gasteiger partial charge < -0.3 is 14.7 Å². The van der Waals surface area contributed by atoms with Gasteiger partial charge in [-0.15, -0.1) is 11.3 Å². The number of hydrogen-bond donors (Lipinski definition) is 2. The van der Waals surface area contributed by atoms with E-state index in [9.17, 15) is 8.78 Å². The zero-order valence-electron chi connectivity index (χ0n) is 5.78. The molecular formula is C5H5BF2O3S. The summed E-state index contributed by atoms with van der Waals surface area (Å²) in [6.07, 6.45) is -2.66. The van der Waals surface area contributed by atoms with Crippen molar-refractivity contribution in [2.75, 3.05) is 0 Å². The summed E-state index contributed by atoms with van der Waals surface area (Å²) in [6.45, 7) is 0. The lowest BCUT2D eigenvalue weighted by Gasteiger charge is -2.04. The molecule has 0 saturated heterocycles. The summed E-state index contributed by atoms with van der Waals surface area (Å²) >= 11 is 1.01. The molecule has 0 aliphatic heterocycles. The Labute approximate surface area is 71.4 Å². The van der Waals surface area contributed by atoms with Crippen LogP contribution in [-0.2, 0) is 0 Å². The van der Waals surface area contributed by atoms with Gasteiger partial charge in [-0.25, -0.2) is 8.78 Å². The Kier molecular flexibility index (Phi) is 3.02. The lowest BCUT2D eigenvalue weighted by atomic mass is 10.2. The first-order chi connectivity index (χ1) is 5.61. The first kappa shape index (κ1) is 9.43. The molecule has 1 aromatic heterocycles. The van der Waals surface area contributed by atoms with Gasteiger partial charge in [-0.05, 0) is 0 Å². The maximum absolute atomic E-state index is 12.1. The maximum Gasteiger partial charge on any atom is 0.707 e. The highest BCUT2D eigenvalue weighted by atomic mass is 32.1.